The number of rotatable bonds is 3. The Labute approximate surface area is 114 Å². The predicted octanol–water partition coefficient (Wildman–Crippen LogP) is 4.25. The van der Waals surface area contributed by atoms with Crippen LogP contribution in [0.2, 0.25) is 5.02 Å². The molecule has 0 spiro atoms. The van der Waals surface area contributed by atoms with E-state index in [2.05, 4.69) is 4.74 Å². The largest absolute Gasteiger partial charge is 0.466 e. The average molecular weight is 279 g/mol. The molecule has 0 aliphatic heterocycles. The van der Waals surface area contributed by atoms with E-state index in [0.29, 0.717) is 5.02 Å². The molecule has 18 heavy (non-hydrogen) atoms. The van der Waals surface area contributed by atoms with E-state index in [1.165, 1.54) is 13.2 Å². The normalized spacial score (nSPS) is 10.8. The summed E-state index contributed by atoms with van der Waals surface area (Å²) in [6.45, 7) is 0. The molecule has 1 aromatic carbocycles. The fourth-order valence-electron chi connectivity index (χ4n) is 1.46. The van der Waals surface area contributed by atoms with Gasteiger partial charge in [-0.2, -0.15) is 0 Å². The van der Waals surface area contributed by atoms with Crippen LogP contribution in [0.5, 0.6) is 0 Å². The number of carbonyl (C=O) groups excluding carboxylic acids is 1. The van der Waals surface area contributed by atoms with Crippen LogP contribution in [0.4, 0.5) is 0 Å². The fraction of sp³-hybridized carbons (Fsp3) is 0.0714. The third kappa shape index (κ3) is 3.22. The second kappa shape index (κ2) is 5.85. The van der Waals surface area contributed by atoms with E-state index in [1.54, 1.807) is 17.4 Å². The summed E-state index contributed by atoms with van der Waals surface area (Å²) in [6, 6.07) is 11.7. The second-order valence-electron chi connectivity index (χ2n) is 3.57. The Kier molecular flexibility index (Phi) is 4.18. The number of hydrogen-bond acceptors (Lipinski definition) is 3. The number of benzene rings is 1. The number of thiophene rings is 1. The number of halogens is 1. The summed E-state index contributed by atoms with van der Waals surface area (Å²) in [5, 5.41) is 0.715. The molecule has 1 aromatic heterocycles. The number of carbonyl (C=O) groups is 1. The molecule has 0 fully saturated rings. The SMILES string of the molecule is COC(=O)/C=C/c1ccc(-c2cccc(Cl)c2)s1. The highest BCUT2D eigenvalue weighted by Gasteiger charge is 2.02. The Morgan fingerprint density at radius 1 is 1.33 bits per heavy atom. The van der Waals surface area contributed by atoms with Crippen molar-refractivity contribution in [3.05, 3.63) is 52.4 Å². The molecule has 0 unspecified atom stereocenters. The highest BCUT2D eigenvalue weighted by molar-refractivity contribution is 7.16. The molecular formula is C14H11ClO2S. The van der Waals surface area contributed by atoms with Gasteiger partial charge < -0.3 is 4.74 Å². The van der Waals surface area contributed by atoms with E-state index >= 15 is 0 Å². The summed E-state index contributed by atoms with van der Waals surface area (Å²) in [7, 11) is 1.36. The van der Waals surface area contributed by atoms with Gasteiger partial charge >= 0.3 is 5.97 Å². The van der Waals surface area contributed by atoms with Gasteiger partial charge in [0.2, 0.25) is 0 Å². The molecule has 0 saturated carbocycles. The highest BCUT2D eigenvalue weighted by atomic mass is 35.5. The van der Waals surface area contributed by atoms with Gasteiger partial charge in [0.05, 0.1) is 7.11 Å². The van der Waals surface area contributed by atoms with Gasteiger partial charge in [0.15, 0.2) is 0 Å². The van der Waals surface area contributed by atoms with Gasteiger partial charge in [0.25, 0.3) is 0 Å². The van der Waals surface area contributed by atoms with Gasteiger partial charge in [-0.3, -0.25) is 0 Å². The zero-order valence-electron chi connectivity index (χ0n) is 9.72. The first-order valence-corrected chi connectivity index (χ1v) is 6.50. The minimum Gasteiger partial charge on any atom is -0.466 e. The topological polar surface area (TPSA) is 26.3 Å². The van der Waals surface area contributed by atoms with Crippen molar-refractivity contribution in [3.8, 4) is 10.4 Å². The lowest BCUT2D eigenvalue weighted by molar-refractivity contribution is -0.134. The summed E-state index contributed by atoms with van der Waals surface area (Å²) in [4.78, 5) is 13.1. The van der Waals surface area contributed by atoms with Crippen LogP contribution in [0.15, 0.2) is 42.5 Å². The summed E-state index contributed by atoms with van der Waals surface area (Å²) < 4.78 is 4.54. The van der Waals surface area contributed by atoms with Gasteiger partial charge in [-0.05, 0) is 35.9 Å². The van der Waals surface area contributed by atoms with Gasteiger partial charge in [0.1, 0.15) is 0 Å². The predicted molar refractivity (Wildman–Crippen MR) is 75.8 cm³/mol. The first-order valence-electron chi connectivity index (χ1n) is 5.31. The van der Waals surface area contributed by atoms with E-state index in [9.17, 15) is 4.79 Å². The Morgan fingerprint density at radius 3 is 2.89 bits per heavy atom. The number of hydrogen-bond donors (Lipinski definition) is 0. The van der Waals surface area contributed by atoms with Crippen LogP contribution in [-0.2, 0) is 9.53 Å². The van der Waals surface area contributed by atoms with Crippen molar-refractivity contribution in [1.82, 2.24) is 0 Å². The second-order valence-corrected chi connectivity index (χ2v) is 5.12. The molecule has 2 aromatic rings. The molecule has 2 rings (SSSR count). The Balaban J connectivity index is 2.20. The molecule has 0 bridgehead atoms. The maximum atomic E-state index is 11.0. The van der Waals surface area contributed by atoms with E-state index in [4.69, 9.17) is 11.6 Å². The van der Waals surface area contributed by atoms with Crippen LogP contribution in [0.25, 0.3) is 16.5 Å². The van der Waals surface area contributed by atoms with Crippen LogP contribution >= 0.6 is 22.9 Å². The fourth-order valence-corrected chi connectivity index (χ4v) is 2.55. The zero-order chi connectivity index (χ0) is 13.0. The van der Waals surface area contributed by atoms with Gasteiger partial charge in [-0.15, -0.1) is 11.3 Å². The smallest absolute Gasteiger partial charge is 0.330 e. The van der Waals surface area contributed by atoms with Crippen LogP contribution in [0.3, 0.4) is 0 Å². The Bertz CT molecular complexity index is 587. The Hall–Kier alpha value is -1.58. The zero-order valence-corrected chi connectivity index (χ0v) is 11.3. The van der Waals surface area contributed by atoms with Crippen molar-refractivity contribution in [2.24, 2.45) is 0 Å². The van der Waals surface area contributed by atoms with Crippen molar-refractivity contribution in [2.75, 3.05) is 7.11 Å². The molecule has 4 heteroatoms. The van der Waals surface area contributed by atoms with E-state index in [-0.39, 0.29) is 5.97 Å². The van der Waals surface area contributed by atoms with Crippen molar-refractivity contribution in [2.45, 2.75) is 0 Å². The van der Waals surface area contributed by atoms with Crippen LogP contribution in [0.1, 0.15) is 4.88 Å². The van der Waals surface area contributed by atoms with Crippen molar-refractivity contribution in [1.29, 1.82) is 0 Å². The summed E-state index contributed by atoms with van der Waals surface area (Å²) in [6.07, 6.45) is 3.15. The Morgan fingerprint density at radius 2 is 2.17 bits per heavy atom. The van der Waals surface area contributed by atoms with Crippen LogP contribution in [-0.4, -0.2) is 13.1 Å². The van der Waals surface area contributed by atoms with Crippen LogP contribution in [0, 0.1) is 0 Å². The molecule has 0 saturated heterocycles. The molecule has 0 amide bonds. The quantitative estimate of drug-likeness (QED) is 0.619. The number of ether oxygens (including phenoxy) is 1. The van der Waals surface area contributed by atoms with E-state index < -0.39 is 0 Å². The molecule has 0 radical (unpaired) electrons. The number of methoxy groups -OCH3 is 1. The van der Waals surface area contributed by atoms with Gasteiger partial charge in [-0.1, -0.05) is 23.7 Å². The summed E-state index contributed by atoms with van der Waals surface area (Å²) in [5.41, 5.74) is 1.07. The van der Waals surface area contributed by atoms with Crippen molar-refractivity contribution < 1.29 is 9.53 Å². The molecule has 0 aliphatic rings. The molecular weight excluding hydrogens is 268 g/mol. The monoisotopic (exact) mass is 278 g/mol. The van der Waals surface area contributed by atoms with E-state index in [0.717, 1.165) is 15.3 Å². The maximum Gasteiger partial charge on any atom is 0.330 e. The van der Waals surface area contributed by atoms with Crippen LogP contribution < -0.4 is 0 Å². The van der Waals surface area contributed by atoms with Gasteiger partial charge in [-0.25, -0.2) is 4.79 Å². The standard InChI is InChI=1S/C14H11ClO2S/c1-17-14(16)8-6-12-5-7-13(18-12)10-3-2-4-11(15)9-10/h2-9H,1H3/b8-6+. The lowest BCUT2D eigenvalue weighted by Gasteiger charge is -1.96. The number of esters is 1. The molecule has 2 nitrogen and oxygen atoms in total. The highest BCUT2D eigenvalue weighted by Crippen LogP contribution is 2.30. The molecule has 1 heterocycles. The van der Waals surface area contributed by atoms with Crippen molar-refractivity contribution in [3.63, 3.8) is 0 Å². The minimum absolute atomic E-state index is 0.354. The molecule has 0 aliphatic carbocycles. The van der Waals surface area contributed by atoms with E-state index in [1.807, 2.05) is 36.4 Å². The molecule has 0 atom stereocenters. The average Bonchev–Trinajstić information content (AvgIpc) is 2.84. The van der Waals surface area contributed by atoms with Gasteiger partial charge in [0, 0.05) is 20.9 Å². The molecule has 0 N–H and O–H groups in total. The summed E-state index contributed by atoms with van der Waals surface area (Å²) >= 11 is 7.55. The third-order valence-electron chi connectivity index (χ3n) is 2.32. The van der Waals surface area contributed by atoms with Crippen molar-refractivity contribution >= 4 is 35.0 Å². The maximum absolute atomic E-state index is 11.0. The third-order valence-corrected chi connectivity index (χ3v) is 3.66. The first kappa shape index (κ1) is 12.9. The lowest BCUT2D eigenvalue weighted by Crippen LogP contribution is -1.92. The molecule has 92 valence electrons. The minimum atomic E-state index is -0.354. The lowest BCUT2D eigenvalue weighted by atomic mass is 10.2. The summed E-state index contributed by atoms with van der Waals surface area (Å²) in [5.74, 6) is -0.354. The first-order chi connectivity index (χ1) is 8.69.